The topological polar surface area (TPSA) is 34.6 Å². The number of rotatable bonds is 4. The molecule has 0 amide bonds. The Bertz CT molecular complexity index is 654. The van der Waals surface area contributed by atoms with E-state index in [1.165, 1.54) is 10.6 Å². The molecule has 0 N–H and O–H groups in total. The minimum Gasteiger partial charge on any atom is -0.454 e. The Kier molecular flexibility index (Phi) is 3.87. The van der Waals surface area contributed by atoms with Gasteiger partial charge >= 0.3 is 0 Å². The molecule has 0 unspecified atom stereocenters. The SMILES string of the molecule is Cc1nc([C@@H](C)N(C)Cc2cccc3c2OCO3)c(C)s1. The lowest BCUT2D eigenvalue weighted by atomic mass is 10.1. The molecule has 1 aromatic carbocycles. The Labute approximate surface area is 129 Å². The molecule has 0 saturated heterocycles. The number of hydrogen-bond donors (Lipinski definition) is 0. The van der Waals surface area contributed by atoms with Gasteiger partial charge in [-0.1, -0.05) is 12.1 Å². The van der Waals surface area contributed by atoms with Gasteiger partial charge in [-0.3, -0.25) is 4.90 Å². The smallest absolute Gasteiger partial charge is 0.231 e. The van der Waals surface area contributed by atoms with Crippen LogP contribution >= 0.6 is 11.3 Å². The fraction of sp³-hybridized carbons (Fsp3) is 0.438. The molecule has 4 nitrogen and oxygen atoms in total. The first kappa shape index (κ1) is 14.4. The van der Waals surface area contributed by atoms with Crippen LogP contribution < -0.4 is 9.47 Å². The van der Waals surface area contributed by atoms with Crippen LogP contribution in [0.3, 0.4) is 0 Å². The van der Waals surface area contributed by atoms with Gasteiger partial charge in [0.15, 0.2) is 11.5 Å². The summed E-state index contributed by atoms with van der Waals surface area (Å²) in [6.07, 6.45) is 0. The van der Waals surface area contributed by atoms with E-state index >= 15 is 0 Å². The number of hydrogen-bond acceptors (Lipinski definition) is 5. The van der Waals surface area contributed by atoms with Gasteiger partial charge in [-0.25, -0.2) is 4.98 Å². The van der Waals surface area contributed by atoms with Crippen molar-refractivity contribution < 1.29 is 9.47 Å². The van der Waals surface area contributed by atoms with E-state index in [4.69, 9.17) is 9.47 Å². The van der Waals surface area contributed by atoms with Crippen molar-refractivity contribution in [2.75, 3.05) is 13.8 Å². The van der Waals surface area contributed by atoms with E-state index in [9.17, 15) is 0 Å². The third kappa shape index (κ3) is 2.76. The number of ether oxygens (including phenoxy) is 2. The first-order valence-corrected chi connectivity index (χ1v) is 7.89. The molecule has 2 aromatic rings. The second-order valence-corrected chi connectivity index (χ2v) is 6.82. The van der Waals surface area contributed by atoms with Crippen LogP contribution in [0.25, 0.3) is 0 Å². The van der Waals surface area contributed by atoms with Gasteiger partial charge in [0.05, 0.1) is 16.7 Å². The summed E-state index contributed by atoms with van der Waals surface area (Å²) in [5, 5.41) is 1.13. The molecule has 2 heterocycles. The first-order chi connectivity index (χ1) is 10.1. The molecule has 0 spiro atoms. The van der Waals surface area contributed by atoms with Crippen molar-refractivity contribution >= 4 is 11.3 Å². The third-order valence-corrected chi connectivity index (χ3v) is 4.80. The van der Waals surface area contributed by atoms with Gasteiger partial charge in [-0.05, 0) is 33.9 Å². The molecule has 21 heavy (non-hydrogen) atoms. The minimum atomic E-state index is 0.271. The molecule has 0 fully saturated rings. The van der Waals surface area contributed by atoms with Crippen LogP contribution in [-0.4, -0.2) is 23.7 Å². The van der Waals surface area contributed by atoms with Crippen LogP contribution in [0.2, 0.25) is 0 Å². The van der Waals surface area contributed by atoms with Crippen LogP contribution in [0.15, 0.2) is 18.2 Å². The maximum atomic E-state index is 5.58. The van der Waals surface area contributed by atoms with Gasteiger partial charge in [0, 0.05) is 17.0 Å². The summed E-state index contributed by atoms with van der Waals surface area (Å²) in [7, 11) is 2.12. The fourth-order valence-corrected chi connectivity index (χ4v) is 3.57. The van der Waals surface area contributed by atoms with E-state index in [0.717, 1.165) is 28.6 Å². The summed E-state index contributed by atoms with van der Waals surface area (Å²) in [5.74, 6) is 1.72. The molecular weight excluding hydrogens is 284 g/mol. The van der Waals surface area contributed by atoms with Crippen molar-refractivity contribution in [3.8, 4) is 11.5 Å². The summed E-state index contributed by atoms with van der Waals surface area (Å²) in [6, 6.07) is 6.33. The van der Waals surface area contributed by atoms with Crippen molar-refractivity contribution in [2.45, 2.75) is 33.4 Å². The summed E-state index contributed by atoms with van der Waals surface area (Å²) < 4.78 is 11.0. The molecule has 0 radical (unpaired) electrons. The number of nitrogens with zero attached hydrogens (tertiary/aromatic N) is 2. The van der Waals surface area contributed by atoms with E-state index < -0.39 is 0 Å². The van der Waals surface area contributed by atoms with E-state index in [1.807, 2.05) is 12.1 Å². The van der Waals surface area contributed by atoms with Crippen molar-refractivity contribution in [3.63, 3.8) is 0 Å². The molecule has 5 heteroatoms. The zero-order valence-corrected chi connectivity index (χ0v) is 13.7. The standard InChI is InChI=1S/C16H20N2O2S/c1-10(15-11(2)21-12(3)17-15)18(4)8-13-6-5-7-14-16(13)20-9-19-14/h5-7,10H,8-9H2,1-4H3/t10-/m1/s1. The fourth-order valence-electron chi connectivity index (χ4n) is 2.66. The van der Waals surface area contributed by atoms with Crippen LogP contribution in [0.5, 0.6) is 11.5 Å². The molecule has 0 aliphatic carbocycles. The number of aryl methyl sites for hydroxylation is 2. The number of thiazole rings is 1. The summed E-state index contributed by atoms with van der Waals surface area (Å²) in [6.45, 7) is 7.52. The number of para-hydroxylation sites is 1. The van der Waals surface area contributed by atoms with Gasteiger partial charge < -0.3 is 9.47 Å². The largest absolute Gasteiger partial charge is 0.454 e. The molecule has 1 aliphatic heterocycles. The average molecular weight is 304 g/mol. The van der Waals surface area contributed by atoms with E-state index in [1.54, 1.807) is 11.3 Å². The number of fused-ring (bicyclic) bond motifs is 1. The Morgan fingerprint density at radius 1 is 1.33 bits per heavy atom. The summed E-state index contributed by atoms with van der Waals surface area (Å²) >= 11 is 1.76. The Hall–Kier alpha value is -1.59. The highest BCUT2D eigenvalue weighted by molar-refractivity contribution is 7.11. The average Bonchev–Trinajstić information content (AvgIpc) is 3.04. The lowest BCUT2D eigenvalue weighted by Crippen LogP contribution is -2.23. The van der Waals surface area contributed by atoms with Gasteiger partial charge in [-0.15, -0.1) is 11.3 Å². The van der Waals surface area contributed by atoms with Crippen LogP contribution in [-0.2, 0) is 6.54 Å². The maximum Gasteiger partial charge on any atom is 0.231 e. The Morgan fingerprint density at radius 2 is 2.14 bits per heavy atom. The predicted octanol–water partition coefficient (Wildman–Crippen LogP) is 3.68. The molecule has 1 atom stereocenters. The van der Waals surface area contributed by atoms with Crippen LogP contribution in [0.4, 0.5) is 0 Å². The van der Waals surface area contributed by atoms with Gasteiger partial charge in [-0.2, -0.15) is 0 Å². The maximum absolute atomic E-state index is 5.58. The van der Waals surface area contributed by atoms with Crippen molar-refractivity contribution in [1.29, 1.82) is 0 Å². The van der Waals surface area contributed by atoms with Gasteiger partial charge in [0.2, 0.25) is 6.79 Å². The Balaban J connectivity index is 1.79. The molecule has 112 valence electrons. The minimum absolute atomic E-state index is 0.271. The van der Waals surface area contributed by atoms with E-state index in [2.05, 4.69) is 43.8 Å². The van der Waals surface area contributed by atoms with Crippen LogP contribution in [0, 0.1) is 13.8 Å². The molecule has 0 saturated carbocycles. The molecular formula is C16H20N2O2S. The zero-order chi connectivity index (χ0) is 15.0. The zero-order valence-electron chi connectivity index (χ0n) is 12.8. The third-order valence-electron chi connectivity index (χ3n) is 3.89. The van der Waals surface area contributed by atoms with E-state index in [0.29, 0.717) is 6.79 Å². The summed E-state index contributed by atoms with van der Waals surface area (Å²) in [5.41, 5.74) is 2.33. The highest BCUT2D eigenvalue weighted by Gasteiger charge is 2.22. The highest BCUT2D eigenvalue weighted by Crippen LogP contribution is 2.37. The van der Waals surface area contributed by atoms with E-state index in [-0.39, 0.29) is 6.04 Å². The second kappa shape index (κ2) is 5.66. The van der Waals surface area contributed by atoms with Crippen molar-refractivity contribution in [3.05, 3.63) is 39.3 Å². The quantitative estimate of drug-likeness (QED) is 0.863. The lowest BCUT2D eigenvalue weighted by Gasteiger charge is -2.24. The number of aromatic nitrogens is 1. The van der Waals surface area contributed by atoms with Crippen molar-refractivity contribution in [1.82, 2.24) is 9.88 Å². The summed E-state index contributed by atoms with van der Waals surface area (Å²) in [4.78, 5) is 8.25. The van der Waals surface area contributed by atoms with Crippen molar-refractivity contribution in [2.24, 2.45) is 0 Å². The second-order valence-electron chi connectivity index (χ2n) is 5.42. The highest BCUT2D eigenvalue weighted by atomic mass is 32.1. The monoisotopic (exact) mass is 304 g/mol. The van der Waals surface area contributed by atoms with Crippen LogP contribution in [0.1, 0.15) is 34.1 Å². The first-order valence-electron chi connectivity index (χ1n) is 7.08. The Morgan fingerprint density at radius 3 is 2.86 bits per heavy atom. The lowest BCUT2D eigenvalue weighted by molar-refractivity contribution is 0.171. The number of benzene rings is 1. The molecule has 3 rings (SSSR count). The van der Waals surface area contributed by atoms with Gasteiger partial charge in [0.1, 0.15) is 0 Å². The molecule has 1 aromatic heterocycles. The normalized spacial score (nSPS) is 14.7. The van der Waals surface area contributed by atoms with Gasteiger partial charge in [0.25, 0.3) is 0 Å². The molecule has 1 aliphatic rings. The predicted molar refractivity (Wildman–Crippen MR) is 84.0 cm³/mol. The molecule has 0 bridgehead atoms.